The van der Waals surface area contributed by atoms with Crippen LogP contribution in [0.2, 0.25) is 5.02 Å². The van der Waals surface area contributed by atoms with Gasteiger partial charge in [0.15, 0.2) is 5.60 Å². The molecule has 2 saturated heterocycles. The van der Waals surface area contributed by atoms with Crippen molar-refractivity contribution in [1.29, 1.82) is 0 Å². The maximum absolute atomic E-state index is 12.9. The predicted octanol–water partition coefficient (Wildman–Crippen LogP) is 2.82. The monoisotopic (exact) mass is 366 g/mol. The minimum atomic E-state index is -0.898. The molecule has 1 unspecified atom stereocenters. The number of benzene rings is 1. The second-order valence-corrected chi connectivity index (χ2v) is 7.73. The fourth-order valence-corrected chi connectivity index (χ4v) is 3.56. The standard InChI is InChI=1S/C19H27ClN2O3/c1-19(2,25-16-7-5-15(20)6-8-16)18(23)22-11-9-21(10-12-22)14-17-4-3-13-24-17/h5-8,17H,3-4,9-14H2,1-2H3. The highest BCUT2D eigenvalue weighted by Gasteiger charge is 2.36. The molecule has 3 rings (SSSR count). The van der Waals surface area contributed by atoms with Crippen molar-refractivity contribution in [3.8, 4) is 5.75 Å². The molecule has 1 atom stereocenters. The molecule has 0 bridgehead atoms. The van der Waals surface area contributed by atoms with Crippen LogP contribution in [-0.2, 0) is 9.53 Å². The minimum absolute atomic E-state index is 0.0271. The van der Waals surface area contributed by atoms with E-state index in [0.29, 0.717) is 16.9 Å². The van der Waals surface area contributed by atoms with Gasteiger partial charge in [-0.05, 0) is 51.0 Å². The predicted molar refractivity (Wildman–Crippen MR) is 98.2 cm³/mol. The van der Waals surface area contributed by atoms with Gasteiger partial charge in [0.1, 0.15) is 5.75 Å². The quantitative estimate of drug-likeness (QED) is 0.803. The van der Waals surface area contributed by atoms with Gasteiger partial charge in [-0.15, -0.1) is 0 Å². The Kier molecular flexibility index (Phi) is 5.87. The molecule has 2 aliphatic heterocycles. The molecule has 1 aromatic rings. The molecule has 2 aliphatic rings. The Morgan fingerprint density at radius 3 is 2.52 bits per heavy atom. The molecule has 25 heavy (non-hydrogen) atoms. The first kappa shape index (κ1) is 18.5. The van der Waals surface area contributed by atoms with Crippen molar-refractivity contribution < 1.29 is 14.3 Å². The van der Waals surface area contributed by atoms with Gasteiger partial charge in [0.2, 0.25) is 0 Å². The Labute approximate surface area is 154 Å². The first-order valence-electron chi connectivity index (χ1n) is 9.02. The number of hydrogen-bond donors (Lipinski definition) is 0. The van der Waals surface area contributed by atoms with E-state index in [9.17, 15) is 4.79 Å². The van der Waals surface area contributed by atoms with E-state index in [1.165, 1.54) is 6.42 Å². The van der Waals surface area contributed by atoms with E-state index in [-0.39, 0.29) is 5.91 Å². The molecule has 5 nitrogen and oxygen atoms in total. The zero-order chi connectivity index (χ0) is 17.9. The number of amides is 1. The lowest BCUT2D eigenvalue weighted by Gasteiger charge is -2.39. The summed E-state index contributed by atoms with van der Waals surface area (Å²) in [4.78, 5) is 17.2. The van der Waals surface area contributed by atoms with Gasteiger partial charge in [0.25, 0.3) is 5.91 Å². The highest BCUT2D eigenvalue weighted by molar-refractivity contribution is 6.30. The molecule has 0 aliphatic carbocycles. The largest absolute Gasteiger partial charge is 0.478 e. The first-order chi connectivity index (χ1) is 11.9. The maximum Gasteiger partial charge on any atom is 0.266 e. The van der Waals surface area contributed by atoms with Crippen molar-refractivity contribution in [2.45, 2.75) is 38.4 Å². The van der Waals surface area contributed by atoms with Crippen LogP contribution in [0.15, 0.2) is 24.3 Å². The zero-order valence-electron chi connectivity index (χ0n) is 15.0. The number of carbonyl (C=O) groups excluding carboxylic acids is 1. The lowest BCUT2D eigenvalue weighted by molar-refractivity contribution is -0.147. The molecule has 1 aromatic carbocycles. The van der Waals surface area contributed by atoms with Crippen LogP contribution in [0.3, 0.4) is 0 Å². The van der Waals surface area contributed by atoms with Gasteiger partial charge in [-0.2, -0.15) is 0 Å². The van der Waals surface area contributed by atoms with Crippen molar-refractivity contribution in [3.63, 3.8) is 0 Å². The van der Waals surface area contributed by atoms with Crippen molar-refractivity contribution in [2.24, 2.45) is 0 Å². The second-order valence-electron chi connectivity index (χ2n) is 7.29. The molecule has 138 valence electrons. The minimum Gasteiger partial charge on any atom is -0.478 e. The summed E-state index contributed by atoms with van der Waals surface area (Å²) >= 11 is 5.90. The number of halogens is 1. The Balaban J connectivity index is 1.51. The van der Waals surface area contributed by atoms with E-state index in [2.05, 4.69) is 4.90 Å². The summed E-state index contributed by atoms with van der Waals surface area (Å²) in [5.41, 5.74) is -0.898. The molecular weight excluding hydrogens is 340 g/mol. The SMILES string of the molecule is CC(C)(Oc1ccc(Cl)cc1)C(=O)N1CCN(CC2CCCO2)CC1. The third-order valence-electron chi connectivity index (χ3n) is 4.85. The Bertz CT molecular complexity index is 577. The fourth-order valence-electron chi connectivity index (χ4n) is 3.43. The highest BCUT2D eigenvalue weighted by atomic mass is 35.5. The topological polar surface area (TPSA) is 42.0 Å². The summed E-state index contributed by atoms with van der Waals surface area (Å²) in [5.74, 6) is 0.680. The van der Waals surface area contributed by atoms with Crippen LogP contribution in [0.4, 0.5) is 0 Å². The average Bonchev–Trinajstić information content (AvgIpc) is 3.10. The van der Waals surface area contributed by atoms with Crippen LogP contribution in [0.5, 0.6) is 5.75 Å². The molecule has 0 aromatic heterocycles. The summed E-state index contributed by atoms with van der Waals surface area (Å²) in [5, 5.41) is 0.652. The van der Waals surface area contributed by atoms with Gasteiger partial charge in [0.05, 0.1) is 6.10 Å². The lowest BCUT2D eigenvalue weighted by Crippen LogP contribution is -2.56. The van der Waals surface area contributed by atoms with Crippen LogP contribution in [0, 0.1) is 0 Å². The maximum atomic E-state index is 12.9. The summed E-state index contributed by atoms with van der Waals surface area (Å²) in [7, 11) is 0. The van der Waals surface area contributed by atoms with E-state index in [1.807, 2.05) is 18.7 Å². The highest BCUT2D eigenvalue weighted by Crippen LogP contribution is 2.23. The molecule has 6 heteroatoms. The first-order valence-corrected chi connectivity index (χ1v) is 9.40. The molecular formula is C19H27ClN2O3. The van der Waals surface area contributed by atoms with Crippen molar-refractivity contribution in [2.75, 3.05) is 39.3 Å². The number of hydrogen-bond acceptors (Lipinski definition) is 4. The van der Waals surface area contributed by atoms with Gasteiger partial charge in [0, 0.05) is 44.4 Å². The van der Waals surface area contributed by atoms with Crippen molar-refractivity contribution >= 4 is 17.5 Å². The van der Waals surface area contributed by atoms with Gasteiger partial charge in [-0.1, -0.05) is 11.6 Å². The van der Waals surface area contributed by atoms with Crippen molar-refractivity contribution in [1.82, 2.24) is 9.80 Å². The van der Waals surface area contributed by atoms with E-state index < -0.39 is 5.60 Å². The summed E-state index contributed by atoms with van der Waals surface area (Å²) in [6.07, 6.45) is 2.69. The van der Waals surface area contributed by atoms with Crippen LogP contribution in [0.1, 0.15) is 26.7 Å². The number of carbonyl (C=O) groups is 1. The van der Waals surface area contributed by atoms with Gasteiger partial charge in [-0.3, -0.25) is 9.69 Å². The lowest BCUT2D eigenvalue weighted by atomic mass is 10.1. The third kappa shape index (κ3) is 4.87. The number of nitrogens with zero attached hydrogens (tertiary/aromatic N) is 2. The van der Waals surface area contributed by atoms with Crippen LogP contribution in [0.25, 0.3) is 0 Å². The van der Waals surface area contributed by atoms with E-state index >= 15 is 0 Å². The van der Waals surface area contributed by atoms with Crippen LogP contribution < -0.4 is 4.74 Å². The second kappa shape index (κ2) is 7.94. The zero-order valence-corrected chi connectivity index (χ0v) is 15.8. The van der Waals surface area contributed by atoms with Crippen LogP contribution in [-0.4, -0.2) is 66.7 Å². The Morgan fingerprint density at radius 1 is 1.24 bits per heavy atom. The number of ether oxygens (including phenoxy) is 2. The van der Waals surface area contributed by atoms with Crippen molar-refractivity contribution in [3.05, 3.63) is 29.3 Å². The Hall–Kier alpha value is -1.30. The Morgan fingerprint density at radius 2 is 1.92 bits per heavy atom. The molecule has 0 spiro atoms. The number of piperazine rings is 1. The summed E-state index contributed by atoms with van der Waals surface area (Å²) in [6.45, 7) is 8.76. The van der Waals surface area contributed by atoms with Gasteiger partial charge >= 0.3 is 0 Å². The van der Waals surface area contributed by atoms with Crippen LogP contribution >= 0.6 is 11.6 Å². The summed E-state index contributed by atoms with van der Waals surface area (Å²) in [6, 6.07) is 7.11. The van der Waals surface area contributed by atoms with Gasteiger partial charge in [-0.25, -0.2) is 0 Å². The molecule has 0 radical (unpaired) electrons. The normalized spacial score (nSPS) is 22.2. The molecule has 1 amide bonds. The smallest absolute Gasteiger partial charge is 0.266 e. The molecule has 2 fully saturated rings. The average molecular weight is 367 g/mol. The van der Waals surface area contributed by atoms with E-state index in [4.69, 9.17) is 21.1 Å². The van der Waals surface area contributed by atoms with E-state index in [1.54, 1.807) is 24.3 Å². The molecule has 0 saturated carbocycles. The van der Waals surface area contributed by atoms with Gasteiger partial charge < -0.3 is 14.4 Å². The fraction of sp³-hybridized carbons (Fsp3) is 0.632. The van der Waals surface area contributed by atoms with E-state index in [0.717, 1.165) is 45.8 Å². The summed E-state index contributed by atoms with van der Waals surface area (Å²) < 4.78 is 11.6. The third-order valence-corrected chi connectivity index (χ3v) is 5.10. The molecule has 0 N–H and O–H groups in total. The molecule has 2 heterocycles. The number of rotatable bonds is 5.